The number of hydrogen-bond donors (Lipinski definition) is 0. The van der Waals surface area contributed by atoms with Gasteiger partial charge in [-0.3, -0.25) is 4.18 Å². The van der Waals surface area contributed by atoms with Crippen molar-refractivity contribution in [1.29, 1.82) is 0 Å². The molecule has 324 valence electrons. The van der Waals surface area contributed by atoms with Gasteiger partial charge in [0.15, 0.2) is 0 Å². The summed E-state index contributed by atoms with van der Waals surface area (Å²) < 4.78 is 72.8. The molecule has 2 aliphatic rings. The van der Waals surface area contributed by atoms with Crippen molar-refractivity contribution in [2.45, 2.75) is 62.4 Å². The molecule has 4 aromatic rings. The van der Waals surface area contributed by atoms with E-state index in [4.69, 9.17) is 37.3 Å². The van der Waals surface area contributed by atoms with Gasteiger partial charge in [-0.15, -0.1) is 0 Å². The number of nitrogens with zero attached hydrogens (tertiary/aromatic N) is 2. The van der Waals surface area contributed by atoms with Crippen molar-refractivity contribution in [2.75, 3.05) is 84.9 Å². The van der Waals surface area contributed by atoms with Gasteiger partial charge in [0.2, 0.25) is 0 Å². The first-order valence-corrected chi connectivity index (χ1v) is 22.0. The molecule has 1 amide bonds. The maximum absolute atomic E-state index is 13.8. The number of likely N-dealkylation sites (tertiary alicyclic amines) is 1. The third-order valence-electron chi connectivity index (χ3n) is 10.5. The molecule has 0 bridgehead atoms. The fraction of sp³-hybridized carbons (Fsp3) is 0.457. The Balaban J connectivity index is 1.22. The summed E-state index contributed by atoms with van der Waals surface area (Å²) in [6, 6.07) is 30.1. The number of amides is 1. The van der Waals surface area contributed by atoms with E-state index in [0.29, 0.717) is 32.8 Å². The van der Waals surface area contributed by atoms with Crippen LogP contribution in [0, 0.1) is 6.92 Å². The molecule has 60 heavy (non-hydrogen) atoms. The van der Waals surface area contributed by atoms with Crippen molar-refractivity contribution in [3.63, 3.8) is 0 Å². The molecule has 1 saturated heterocycles. The number of piperidine rings is 1. The average molecular weight is 847 g/mol. The summed E-state index contributed by atoms with van der Waals surface area (Å²) in [7, 11) is -0.561. The molecule has 0 aromatic heterocycles. The molecule has 2 heterocycles. The molecule has 2 aliphatic heterocycles. The van der Waals surface area contributed by atoms with Gasteiger partial charge in [0, 0.05) is 52.9 Å². The topological polar surface area (TPSA) is 132 Å². The van der Waals surface area contributed by atoms with E-state index in [9.17, 15) is 13.2 Å². The number of anilines is 1. The van der Waals surface area contributed by atoms with Crippen LogP contribution in [0.15, 0.2) is 102 Å². The van der Waals surface area contributed by atoms with Gasteiger partial charge < -0.3 is 43.0 Å². The number of carbonyl (C=O) groups is 1. The Morgan fingerprint density at radius 2 is 1.47 bits per heavy atom. The van der Waals surface area contributed by atoms with E-state index >= 15 is 0 Å². The maximum Gasteiger partial charge on any atom is 0.410 e. The van der Waals surface area contributed by atoms with Gasteiger partial charge in [-0.05, 0) is 72.9 Å². The molecular weight excluding hydrogens is 789 g/mol. The van der Waals surface area contributed by atoms with Crippen molar-refractivity contribution in [3.8, 4) is 11.5 Å². The van der Waals surface area contributed by atoms with E-state index in [1.165, 1.54) is 12.1 Å². The Morgan fingerprint density at radius 3 is 2.22 bits per heavy atom. The highest BCUT2D eigenvalue weighted by Crippen LogP contribution is 2.37. The van der Waals surface area contributed by atoms with E-state index in [-0.39, 0.29) is 50.3 Å². The van der Waals surface area contributed by atoms with Crippen LogP contribution in [0.4, 0.5) is 10.5 Å². The Morgan fingerprint density at radius 1 is 0.750 bits per heavy atom. The maximum atomic E-state index is 13.8. The Labute approximate surface area is 354 Å². The zero-order chi connectivity index (χ0) is 42.2. The van der Waals surface area contributed by atoms with Gasteiger partial charge in [-0.1, -0.05) is 66.2 Å². The summed E-state index contributed by atoms with van der Waals surface area (Å²) in [5, 5.41) is 0. The molecule has 0 aliphatic carbocycles. The quantitative estimate of drug-likeness (QED) is 0.0588. The van der Waals surface area contributed by atoms with Crippen LogP contribution in [0.3, 0.4) is 0 Å². The van der Waals surface area contributed by atoms with Crippen LogP contribution < -0.4 is 14.4 Å². The third-order valence-corrected chi connectivity index (χ3v) is 11.8. The lowest BCUT2D eigenvalue weighted by atomic mass is 9.84. The predicted octanol–water partition coefficient (Wildman–Crippen LogP) is 7.15. The first-order valence-electron chi connectivity index (χ1n) is 20.6. The van der Waals surface area contributed by atoms with Gasteiger partial charge in [0.25, 0.3) is 10.1 Å². The van der Waals surface area contributed by atoms with Crippen LogP contribution in [-0.2, 0) is 51.2 Å². The predicted molar refractivity (Wildman–Crippen MR) is 227 cm³/mol. The second kappa shape index (κ2) is 22.8. The van der Waals surface area contributed by atoms with Crippen molar-refractivity contribution in [1.82, 2.24) is 4.90 Å². The van der Waals surface area contributed by atoms with Crippen LogP contribution in [0.5, 0.6) is 11.5 Å². The molecule has 0 saturated carbocycles. The molecule has 6 rings (SSSR count). The first kappa shape index (κ1) is 44.8. The number of methoxy groups -OCH3 is 2. The SMILES string of the molecule is COCCCOc1ccc([C@@H]2[C@@H](OCc3ccc4c(c3)N(CCCOC)CCO4)CN(C(=O)OCc3ccccc3)C[C@H]2OCCCOS(=O)(=O)c2ccc(C)cc2)cc1. The number of rotatable bonds is 22. The Hall–Kier alpha value is -4.70. The molecule has 0 radical (unpaired) electrons. The molecule has 1 fully saturated rings. The number of ether oxygens (including phenoxy) is 7. The molecule has 0 N–H and O–H groups in total. The number of carbonyl (C=O) groups excluding carboxylic acids is 1. The average Bonchev–Trinajstić information content (AvgIpc) is 3.27. The molecule has 4 aromatic carbocycles. The lowest BCUT2D eigenvalue weighted by Crippen LogP contribution is -2.54. The summed E-state index contributed by atoms with van der Waals surface area (Å²) in [5.41, 5.74) is 4.75. The largest absolute Gasteiger partial charge is 0.494 e. The van der Waals surface area contributed by atoms with Crippen molar-refractivity contribution in [3.05, 3.63) is 119 Å². The minimum atomic E-state index is -3.94. The van der Waals surface area contributed by atoms with Crippen LogP contribution in [0.1, 0.15) is 47.4 Å². The fourth-order valence-electron chi connectivity index (χ4n) is 7.34. The second-order valence-corrected chi connectivity index (χ2v) is 16.5. The van der Waals surface area contributed by atoms with E-state index < -0.39 is 28.4 Å². The zero-order valence-electron chi connectivity index (χ0n) is 34.9. The fourth-order valence-corrected chi connectivity index (χ4v) is 8.28. The van der Waals surface area contributed by atoms with E-state index in [0.717, 1.165) is 65.4 Å². The summed E-state index contributed by atoms with van der Waals surface area (Å²) in [6.07, 6.45) is 0.421. The minimum Gasteiger partial charge on any atom is -0.494 e. The molecular formula is C46H58N2O11S. The summed E-state index contributed by atoms with van der Waals surface area (Å²) in [6.45, 7) is 6.89. The number of aryl methyl sites for hydroxylation is 1. The summed E-state index contributed by atoms with van der Waals surface area (Å²) in [4.78, 5) is 17.8. The van der Waals surface area contributed by atoms with Gasteiger partial charge in [0.05, 0.1) is 62.2 Å². The zero-order valence-corrected chi connectivity index (χ0v) is 35.7. The van der Waals surface area contributed by atoms with Crippen molar-refractivity contribution >= 4 is 21.9 Å². The number of benzene rings is 4. The smallest absolute Gasteiger partial charge is 0.410 e. The molecule has 0 spiro atoms. The second-order valence-electron chi connectivity index (χ2n) is 14.9. The Kier molecular flexibility index (Phi) is 17.0. The number of fused-ring (bicyclic) bond motifs is 1. The lowest BCUT2D eigenvalue weighted by molar-refractivity contribution is -0.0926. The summed E-state index contributed by atoms with van der Waals surface area (Å²) in [5.74, 6) is 1.25. The van der Waals surface area contributed by atoms with Crippen molar-refractivity contribution < 1.29 is 50.6 Å². The van der Waals surface area contributed by atoms with Crippen molar-refractivity contribution in [2.24, 2.45) is 0 Å². The number of hydrogen-bond acceptors (Lipinski definition) is 12. The van der Waals surface area contributed by atoms with Crippen LogP contribution >= 0.6 is 0 Å². The normalized spacial score (nSPS) is 17.8. The third kappa shape index (κ3) is 12.9. The van der Waals surface area contributed by atoms with Gasteiger partial charge in [0.1, 0.15) is 24.7 Å². The van der Waals surface area contributed by atoms with E-state index in [2.05, 4.69) is 11.0 Å². The minimum absolute atomic E-state index is 0.0734. The summed E-state index contributed by atoms with van der Waals surface area (Å²) >= 11 is 0. The van der Waals surface area contributed by atoms with Gasteiger partial charge >= 0.3 is 6.09 Å². The Bertz CT molecular complexity index is 2020. The van der Waals surface area contributed by atoms with Gasteiger partial charge in [-0.2, -0.15) is 8.42 Å². The monoisotopic (exact) mass is 846 g/mol. The lowest BCUT2D eigenvalue weighted by Gasteiger charge is -2.43. The van der Waals surface area contributed by atoms with Gasteiger partial charge in [-0.25, -0.2) is 4.79 Å². The molecule has 0 unspecified atom stereocenters. The molecule has 14 heteroatoms. The highest BCUT2D eigenvalue weighted by atomic mass is 32.2. The van der Waals surface area contributed by atoms with E-state index in [1.807, 2.05) is 73.7 Å². The molecule has 13 nitrogen and oxygen atoms in total. The highest BCUT2D eigenvalue weighted by molar-refractivity contribution is 7.86. The van der Waals surface area contributed by atoms with E-state index in [1.54, 1.807) is 31.3 Å². The first-order chi connectivity index (χ1) is 29.2. The standard InChI is InChI=1S/C46H58N2O11S/c1-35-12-19-40(20-13-35)60(50,51)59-28-9-27-55-43-31-48(46(49)58-33-36-10-5-4-6-11-36)32-44(45(43)38-15-17-39(18-16-38)54-26-8-25-53-3)57-34-37-14-21-42-41(30-37)47(23-29-56-42)22-7-24-52-2/h4-6,10-21,30,43-45H,7-9,22-29,31-34H2,1-3H3/t43-,44+,45+/m1/s1. The highest BCUT2D eigenvalue weighted by Gasteiger charge is 2.41. The van der Waals surface area contributed by atoms with Crippen LogP contribution in [0.2, 0.25) is 0 Å². The van der Waals surface area contributed by atoms with Crippen LogP contribution in [-0.4, -0.2) is 112 Å². The van der Waals surface area contributed by atoms with Crippen LogP contribution in [0.25, 0.3) is 0 Å². The molecule has 3 atom stereocenters.